The van der Waals surface area contributed by atoms with Crippen LogP contribution in [0.25, 0.3) is 16.7 Å². The van der Waals surface area contributed by atoms with Crippen LogP contribution in [0, 0.1) is 5.82 Å². The predicted molar refractivity (Wildman–Crippen MR) is 91.9 cm³/mol. The van der Waals surface area contributed by atoms with Gasteiger partial charge in [-0.05, 0) is 17.7 Å². The van der Waals surface area contributed by atoms with E-state index < -0.39 is 16.0 Å². The van der Waals surface area contributed by atoms with E-state index in [1.54, 1.807) is 18.2 Å². The smallest absolute Gasteiger partial charge is 0.274 e. The van der Waals surface area contributed by atoms with Gasteiger partial charge in [0, 0.05) is 18.7 Å². The summed E-state index contributed by atoms with van der Waals surface area (Å²) in [7, 11) is -0.864. The van der Waals surface area contributed by atoms with Gasteiger partial charge in [-0.1, -0.05) is 11.3 Å². The summed E-state index contributed by atoms with van der Waals surface area (Å²) >= 11 is 0. The fraction of sp³-hybridized carbons (Fsp3) is 0.200. The van der Waals surface area contributed by atoms with Crippen molar-refractivity contribution in [1.29, 1.82) is 0 Å². The van der Waals surface area contributed by atoms with Crippen molar-refractivity contribution in [2.24, 2.45) is 5.14 Å². The number of benzene rings is 2. The molecule has 0 aliphatic carbocycles. The number of hydrogen-bond donors (Lipinski definition) is 2. The zero-order chi connectivity index (χ0) is 18.9. The average Bonchev–Trinajstić information content (AvgIpc) is 3.00. The number of nitrogens with one attached hydrogen (secondary N) is 1. The van der Waals surface area contributed by atoms with Crippen LogP contribution in [0.1, 0.15) is 5.56 Å². The van der Waals surface area contributed by atoms with Crippen LogP contribution in [0.2, 0.25) is 0 Å². The van der Waals surface area contributed by atoms with Crippen LogP contribution in [-0.4, -0.2) is 37.6 Å². The fourth-order valence-corrected chi connectivity index (χ4v) is 2.81. The number of halogens is 1. The first-order valence-electron chi connectivity index (χ1n) is 7.36. The maximum absolute atomic E-state index is 14.5. The van der Waals surface area contributed by atoms with Gasteiger partial charge in [-0.2, -0.15) is 13.1 Å². The van der Waals surface area contributed by atoms with Gasteiger partial charge in [0.2, 0.25) is 0 Å². The lowest BCUT2D eigenvalue weighted by molar-refractivity contribution is 0.355. The summed E-state index contributed by atoms with van der Waals surface area (Å²) in [6.07, 6.45) is 0. The second kappa shape index (κ2) is 6.86. The molecule has 11 heteroatoms. The largest absolute Gasteiger partial charge is 0.493 e. The van der Waals surface area contributed by atoms with E-state index in [9.17, 15) is 12.8 Å². The third kappa shape index (κ3) is 3.59. The van der Waals surface area contributed by atoms with E-state index in [4.69, 9.17) is 14.6 Å². The minimum Gasteiger partial charge on any atom is -0.493 e. The topological polar surface area (TPSA) is 121 Å². The molecule has 0 bridgehead atoms. The molecule has 0 unspecified atom stereocenters. The average molecular weight is 381 g/mol. The molecule has 0 aliphatic heterocycles. The van der Waals surface area contributed by atoms with Gasteiger partial charge in [0.05, 0.1) is 19.7 Å². The molecule has 3 aromatic rings. The molecule has 0 fully saturated rings. The van der Waals surface area contributed by atoms with Crippen LogP contribution < -0.4 is 19.3 Å². The second-order valence-electron chi connectivity index (χ2n) is 5.35. The van der Waals surface area contributed by atoms with Crippen LogP contribution >= 0.6 is 0 Å². The maximum Gasteiger partial charge on any atom is 0.274 e. The minimum absolute atomic E-state index is 0.126. The van der Waals surface area contributed by atoms with Crippen molar-refractivity contribution in [1.82, 2.24) is 19.7 Å². The van der Waals surface area contributed by atoms with E-state index in [-0.39, 0.29) is 12.2 Å². The van der Waals surface area contributed by atoms with Crippen LogP contribution in [0.3, 0.4) is 0 Å². The molecule has 3 N–H and O–H groups in total. The number of nitrogens with zero attached hydrogens (tertiary/aromatic N) is 3. The first-order valence-corrected chi connectivity index (χ1v) is 8.90. The highest BCUT2D eigenvalue weighted by atomic mass is 32.2. The molecule has 0 atom stereocenters. The Labute approximate surface area is 148 Å². The van der Waals surface area contributed by atoms with E-state index in [2.05, 4.69) is 15.0 Å². The van der Waals surface area contributed by atoms with Crippen molar-refractivity contribution in [2.45, 2.75) is 6.54 Å². The molecule has 0 spiro atoms. The molecule has 9 nitrogen and oxygen atoms in total. The number of methoxy groups -OCH3 is 2. The monoisotopic (exact) mass is 381 g/mol. The van der Waals surface area contributed by atoms with E-state index in [1.165, 1.54) is 31.0 Å². The number of rotatable bonds is 6. The normalized spacial score (nSPS) is 11.7. The highest BCUT2D eigenvalue weighted by Gasteiger charge is 2.15. The van der Waals surface area contributed by atoms with Crippen molar-refractivity contribution in [3.05, 3.63) is 41.7 Å². The molecule has 0 amide bonds. The Hall–Kier alpha value is -2.76. The molecule has 1 heterocycles. The number of nitrogens with two attached hydrogens (primary N) is 1. The van der Waals surface area contributed by atoms with Crippen LogP contribution in [0.5, 0.6) is 11.5 Å². The van der Waals surface area contributed by atoms with Gasteiger partial charge in [0.1, 0.15) is 17.0 Å². The lowest BCUT2D eigenvalue weighted by atomic mass is 10.2. The zero-order valence-electron chi connectivity index (χ0n) is 13.9. The molecular formula is C15H16FN5O4S. The molecule has 0 saturated heterocycles. The van der Waals surface area contributed by atoms with Crippen molar-refractivity contribution < 1.29 is 22.3 Å². The lowest BCUT2D eigenvalue weighted by Gasteiger charge is -2.09. The van der Waals surface area contributed by atoms with Crippen molar-refractivity contribution in [2.75, 3.05) is 14.2 Å². The van der Waals surface area contributed by atoms with Crippen LogP contribution in [-0.2, 0) is 16.8 Å². The van der Waals surface area contributed by atoms with Gasteiger partial charge in [-0.25, -0.2) is 14.2 Å². The summed E-state index contributed by atoms with van der Waals surface area (Å²) in [5.41, 5.74) is 1.59. The molecule has 2 aromatic carbocycles. The van der Waals surface area contributed by atoms with Crippen molar-refractivity contribution in [3.8, 4) is 17.2 Å². The Bertz CT molecular complexity index is 1070. The predicted octanol–water partition coefficient (Wildman–Crippen LogP) is 0.870. The third-order valence-corrected chi connectivity index (χ3v) is 4.22. The number of ether oxygens (including phenoxy) is 2. The summed E-state index contributed by atoms with van der Waals surface area (Å²) in [5.74, 6) is 0.343. The van der Waals surface area contributed by atoms with E-state index in [0.29, 0.717) is 28.1 Å². The molecule has 0 saturated carbocycles. The highest BCUT2D eigenvalue weighted by molar-refractivity contribution is 7.87. The highest BCUT2D eigenvalue weighted by Crippen LogP contribution is 2.32. The van der Waals surface area contributed by atoms with Gasteiger partial charge in [-0.3, -0.25) is 0 Å². The van der Waals surface area contributed by atoms with Gasteiger partial charge in [0.25, 0.3) is 10.2 Å². The van der Waals surface area contributed by atoms with E-state index in [1.807, 2.05) is 0 Å². The first kappa shape index (κ1) is 18.0. The van der Waals surface area contributed by atoms with Gasteiger partial charge >= 0.3 is 0 Å². The van der Waals surface area contributed by atoms with Crippen LogP contribution in [0.15, 0.2) is 30.3 Å². The molecule has 0 aliphatic rings. The Morgan fingerprint density at radius 2 is 1.88 bits per heavy atom. The van der Waals surface area contributed by atoms with E-state index >= 15 is 0 Å². The Kier molecular flexibility index (Phi) is 4.76. The Balaban J connectivity index is 2.01. The summed E-state index contributed by atoms with van der Waals surface area (Å²) < 4.78 is 50.3. The lowest BCUT2D eigenvalue weighted by Crippen LogP contribution is -2.30. The summed E-state index contributed by atoms with van der Waals surface area (Å²) in [6, 6.07) is 7.51. The molecule has 138 valence electrons. The van der Waals surface area contributed by atoms with Crippen LogP contribution in [0.4, 0.5) is 4.39 Å². The van der Waals surface area contributed by atoms with Crippen molar-refractivity contribution in [3.63, 3.8) is 0 Å². The second-order valence-corrected chi connectivity index (χ2v) is 6.73. The summed E-state index contributed by atoms with van der Waals surface area (Å²) in [5, 5.41) is 12.9. The first-order chi connectivity index (χ1) is 12.3. The standard InChI is InChI=1S/C15H16FN5O4S/c1-24-14-6-11-13(7-15(14)25-2)21(20-19-11)12-4-3-9(5-10(12)16)8-18-26(17,22)23/h3-7,18H,8H2,1-2H3,(H2,17,22,23). The van der Waals surface area contributed by atoms with Gasteiger partial charge in [-0.15, -0.1) is 5.10 Å². The summed E-state index contributed by atoms with van der Waals surface area (Å²) in [6.45, 7) is -0.126. The molecule has 0 radical (unpaired) electrons. The van der Waals surface area contributed by atoms with E-state index in [0.717, 1.165) is 0 Å². The zero-order valence-corrected chi connectivity index (χ0v) is 14.7. The van der Waals surface area contributed by atoms with Gasteiger partial charge in [0.15, 0.2) is 11.5 Å². The number of fused-ring (bicyclic) bond motifs is 1. The minimum atomic E-state index is -3.86. The quantitative estimate of drug-likeness (QED) is 0.653. The Morgan fingerprint density at radius 3 is 2.50 bits per heavy atom. The third-order valence-electron chi connectivity index (χ3n) is 3.67. The van der Waals surface area contributed by atoms with Crippen molar-refractivity contribution >= 4 is 21.2 Å². The number of aromatic nitrogens is 3. The maximum atomic E-state index is 14.5. The molecule has 3 rings (SSSR count). The molecular weight excluding hydrogens is 365 g/mol. The summed E-state index contributed by atoms with van der Waals surface area (Å²) in [4.78, 5) is 0. The molecule has 26 heavy (non-hydrogen) atoms. The SMILES string of the molecule is COc1cc2nnn(-c3ccc(CNS(N)(=O)=O)cc3F)c2cc1OC. The fourth-order valence-electron chi connectivity index (χ4n) is 2.44. The number of hydrogen-bond acceptors (Lipinski definition) is 6. The molecule has 1 aromatic heterocycles. The van der Waals surface area contributed by atoms with Gasteiger partial charge < -0.3 is 9.47 Å². The Morgan fingerprint density at radius 1 is 1.19 bits per heavy atom.